The van der Waals surface area contributed by atoms with Gasteiger partial charge in [0.1, 0.15) is 18.1 Å². The van der Waals surface area contributed by atoms with Crippen molar-refractivity contribution in [3.8, 4) is 11.5 Å². The smallest absolute Gasteiger partial charge is 0.410 e. The summed E-state index contributed by atoms with van der Waals surface area (Å²) >= 11 is 0. The Labute approximate surface area is 214 Å². The van der Waals surface area contributed by atoms with Crippen LogP contribution >= 0.6 is 0 Å². The minimum Gasteiger partial charge on any atom is -0.497 e. The number of amides is 1. The van der Waals surface area contributed by atoms with Gasteiger partial charge in [0.05, 0.1) is 53.9 Å². The van der Waals surface area contributed by atoms with E-state index in [1.54, 1.807) is 19.1 Å². The van der Waals surface area contributed by atoms with E-state index >= 15 is 0 Å². The van der Waals surface area contributed by atoms with E-state index in [0.717, 1.165) is 29.2 Å². The summed E-state index contributed by atoms with van der Waals surface area (Å²) in [6.45, 7) is 4.73. The van der Waals surface area contributed by atoms with Crippen molar-refractivity contribution >= 4 is 6.09 Å². The highest BCUT2D eigenvalue weighted by atomic mass is 16.6. The normalized spacial score (nSPS) is 10.9. The predicted molar refractivity (Wildman–Crippen MR) is 138 cm³/mol. The van der Waals surface area contributed by atoms with Gasteiger partial charge < -0.3 is 33.3 Å². The van der Waals surface area contributed by atoms with E-state index in [2.05, 4.69) is 4.90 Å². The van der Waals surface area contributed by atoms with Gasteiger partial charge in [-0.15, -0.1) is 0 Å². The van der Waals surface area contributed by atoms with E-state index < -0.39 is 6.09 Å². The first-order chi connectivity index (χ1) is 17.5. The number of benzene rings is 2. The van der Waals surface area contributed by atoms with E-state index in [0.29, 0.717) is 52.7 Å². The maximum absolute atomic E-state index is 12.9. The van der Waals surface area contributed by atoms with Crippen LogP contribution in [-0.2, 0) is 32.0 Å². The lowest BCUT2D eigenvalue weighted by Gasteiger charge is -2.23. The number of likely N-dealkylation sites (N-methyl/N-ethyl adjacent to an activating group) is 1. The Morgan fingerprint density at radius 2 is 1.17 bits per heavy atom. The van der Waals surface area contributed by atoms with Crippen LogP contribution in [0.5, 0.6) is 11.5 Å². The highest BCUT2D eigenvalue weighted by Gasteiger charge is 2.17. The summed E-state index contributed by atoms with van der Waals surface area (Å²) in [4.78, 5) is 16.6. The average Bonchev–Trinajstić information content (AvgIpc) is 2.88. The van der Waals surface area contributed by atoms with Gasteiger partial charge in [0.2, 0.25) is 0 Å². The Kier molecular flexibility index (Phi) is 14.3. The molecule has 2 rings (SSSR count). The van der Waals surface area contributed by atoms with Crippen LogP contribution in [0, 0.1) is 0 Å². The molecular formula is C27H40N2O7. The summed E-state index contributed by atoms with van der Waals surface area (Å²) in [5, 5.41) is 0. The van der Waals surface area contributed by atoms with Crippen LogP contribution in [0.4, 0.5) is 4.79 Å². The van der Waals surface area contributed by atoms with Gasteiger partial charge in [0.15, 0.2) is 0 Å². The monoisotopic (exact) mass is 504 g/mol. The lowest BCUT2D eigenvalue weighted by Crippen LogP contribution is -2.31. The zero-order chi connectivity index (χ0) is 26.0. The lowest BCUT2D eigenvalue weighted by molar-refractivity contribution is 0.00130. The van der Waals surface area contributed by atoms with Crippen LogP contribution in [-0.4, -0.2) is 97.0 Å². The van der Waals surface area contributed by atoms with E-state index in [1.807, 2.05) is 62.6 Å². The largest absolute Gasteiger partial charge is 0.497 e. The molecule has 9 nitrogen and oxygen atoms in total. The molecule has 200 valence electrons. The Hall–Kier alpha value is -2.85. The van der Waals surface area contributed by atoms with Crippen molar-refractivity contribution in [2.24, 2.45) is 0 Å². The first-order valence-corrected chi connectivity index (χ1v) is 12.1. The van der Waals surface area contributed by atoms with Crippen molar-refractivity contribution in [1.82, 2.24) is 9.80 Å². The molecule has 0 aliphatic rings. The van der Waals surface area contributed by atoms with Crippen molar-refractivity contribution in [3.63, 3.8) is 0 Å². The van der Waals surface area contributed by atoms with Crippen LogP contribution in [0.1, 0.15) is 11.1 Å². The molecular weight excluding hydrogens is 464 g/mol. The van der Waals surface area contributed by atoms with E-state index in [4.69, 9.17) is 28.4 Å². The third kappa shape index (κ3) is 12.2. The van der Waals surface area contributed by atoms with Gasteiger partial charge in [-0.2, -0.15) is 0 Å². The maximum Gasteiger partial charge on any atom is 0.410 e. The van der Waals surface area contributed by atoms with Gasteiger partial charge in [-0.3, -0.25) is 4.90 Å². The summed E-state index contributed by atoms with van der Waals surface area (Å²) in [6.07, 6.45) is -0.421. The molecule has 0 radical (unpaired) electrons. The number of hydrogen-bond acceptors (Lipinski definition) is 8. The lowest BCUT2D eigenvalue weighted by atomic mass is 10.1. The van der Waals surface area contributed by atoms with Crippen LogP contribution < -0.4 is 9.47 Å². The SMILES string of the molecule is COc1cccc(CN(Cc2cccc(OC)c2)C(=O)OCCOCCOCCOCCN(C)C)c1. The average molecular weight is 505 g/mol. The van der Waals surface area contributed by atoms with E-state index in [9.17, 15) is 4.79 Å². The zero-order valence-corrected chi connectivity index (χ0v) is 21.9. The molecule has 36 heavy (non-hydrogen) atoms. The second kappa shape index (κ2) is 17.6. The van der Waals surface area contributed by atoms with Crippen molar-refractivity contribution in [2.75, 3.05) is 81.1 Å². The molecule has 0 saturated carbocycles. The number of ether oxygens (including phenoxy) is 6. The second-order valence-corrected chi connectivity index (χ2v) is 8.31. The molecule has 0 spiro atoms. The molecule has 0 N–H and O–H groups in total. The van der Waals surface area contributed by atoms with Crippen LogP contribution in [0.2, 0.25) is 0 Å². The summed E-state index contributed by atoms with van der Waals surface area (Å²) in [6, 6.07) is 15.2. The molecule has 0 saturated heterocycles. The molecule has 0 fully saturated rings. The molecule has 0 unspecified atom stereocenters. The number of nitrogens with zero attached hydrogens (tertiary/aromatic N) is 2. The van der Waals surface area contributed by atoms with Crippen molar-refractivity contribution in [1.29, 1.82) is 0 Å². The van der Waals surface area contributed by atoms with Crippen LogP contribution in [0.25, 0.3) is 0 Å². The fourth-order valence-corrected chi connectivity index (χ4v) is 3.24. The number of carbonyl (C=O) groups is 1. The summed E-state index contributed by atoms with van der Waals surface area (Å²) in [5.41, 5.74) is 1.88. The minimum atomic E-state index is -0.421. The van der Waals surface area contributed by atoms with Gasteiger partial charge in [-0.1, -0.05) is 24.3 Å². The highest BCUT2D eigenvalue weighted by Crippen LogP contribution is 2.19. The zero-order valence-electron chi connectivity index (χ0n) is 21.9. The molecule has 1 amide bonds. The van der Waals surface area contributed by atoms with Crippen LogP contribution in [0.3, 0.4) is 0 Å². The van der Waals surface area contributed by atoms with Gasteiger partial charge >= 0.3 is 6.09 Å². The molecule has 0 atom stereocenters. The third-order valence-corrected chi connectivity index (χ3v) is 5.15. The van der Waals surface area contributed by atoms with E-state index in [1.165, 1.54) is 0 Å². The van der Waals surface area contributed by atoms with Gasteiger partial charge in [0, 0.05) is 19.6 Å². The summed E-state index contributed by atoms with van der Waals surface area (Å²) < 4.78 is 32.6. The Bertz CT molecular complexity index is 829. The highest BCUT2D eigenvalue weighted by molar-refractivity contribution is 5.67. The molecule has 9 heteroatoms. The first-order valence-electron chi connectivity index (χ1n) is 12.1. The molecule has 0 heterocycles. The number of hydrogen-bond donors (Lipinski definition) is 0. The molecule has 0 aliphatic carbocycles. The topological polar surface area (TPSA) is 78.9 Å². The Morgan fingerprint density at radius 1 is 0.694 bits per heavy atom. The minimum absolute atomic E-state index is 0.152. The van der Waals surface area contributed by atoms with Crippen molar-refractivity contribution in [2.45, 2.75) is 13.1 Å². The van der Waals surface area contributed by atoms with Gasteiger partial charge in [-0.05, 0) is 49.5 Å². The Morgan fingerprint density at radius 3 is 1.64 bits per heavy atom. The molecule has 2 aromatic rings. The second-order valence-electron chi connectivity index (χ2n) is 8.31. The van der Waals surface area contributed by atoms with Crippen LogP contribution in [0.15, 0.2) is 48.5 Å². The number of methoxy groups -OCH3 is 2. The van der Waals surface area contributed by atoms with Gasteiger partial charge in [-0.25, -0.2) is 4.79 Å². The third-order valence-electron chi connectivity index (χ3n) is 5.15. The maximum atomic E-state index is 12.9. The van der Waals surface area contributed by atoms with E-state index in [-0.39, 0.29) is 6.61 Å². The Balaban J connectivity index is 1.75. The summed E-state index contributed by atoms with van der Waals surface area (Å²) in [7, 11) is 7.25. The van der Waals surface area contributed by atoms with Crippen molar-refractivity contribution in [3.05, 3.63) is 59.7 Å². The fraction of sp³-hybridized carbons (Fsp3) is 0.519. The van der Waals surface area contributed by atoms with Gasteiger partial charge in [0.25, 0.3) is 0 Å². The first kappa shape index (κ1) is 29.4. The quantitative estimate of drug-likeness (QED) is 0.286. The number of carbonyl (C=O) groups excluding carboxylic acids is 1. The van der Waals surface area contributed by atoms with Crippen molar-refractivity contribution < 1.29 is 33.2 Å². The molecule has 0 aromatic heterocycles. The molecule has 0 aliphatic heterocycles. The fourth-order valence-electron chi connectivity index (χ4n) is 3.24. The molecule has 0 bridgehead atoms. The standard InChI is InChI=1S/C27H40N2O7/c1-28(2)11-12-33-13-14-34-15-16-35-17-18-36-27(30)29(21-23-7-5-9-25(19-23)31-3)22-24-8-6-10-26(20-24)32-4/h5-10,19-20H,11-18,21-22H2,1-4H3. The summed E-state index contributed by atoms with van der Waals surface area (Å²) in [5.74, 6) is 1.47. The predicted octanol–water partition coefficient (Wildman–Crippen LogP) is 3.45. The number of rotatable bonds is 18. The molecule has 2 aromatic carbocycles.